The Morgan fingerprint density at radius 1 is 1.09 bits per heavy atom. The van der Waals surface area contributed by atoms with Crippen molar-refractivity contribution < 1.29 is 27.0 Å². The average Bonchev–Trinajstić information content (AvgIpc) is 3.51. The van der Waals surface area contributed by atoms with E-state index in [4.69, 9.17) is 30.8 Å². The predicted octanol–water partition coefficient (Wildman–Crippen LogP) is 5.55. The molecule has 1 aromatic heterocycles. The van der Waals surface area contributed by atoms with Crippen LogP contribution in [0, 0.1) is 5.82 Å². The summed E-state index contributed by atoms with van der Waals surface area (Å²) in [5.74, 6) is 0.650. The van der Waals surface area contributed by atoms with Gasteiger partial charge in [0.05, 0.1) is 40.7 Å². The van der Waals surface area contributed by atoms with Crippen LogP contribution in [-0.4, -0.2) is 55.7 Å². The molecule has 0 spiro atoms. The Bertz CT molecular complexity index is 1840. The topological polar surface area (TPSA) is 94.9 Å². The number of likely N-dealkylation sites (tertiary alicyclic amines) is 1. The first-order valence-corrected chi connectivity index (χ1v) is 16.7. The van der Waals surface area contributed by atoms with Gasteiger partial charge in [0, 0.05) is 24.1 Å². The van der Waals surface area contributed by atoms with Gasteiger partial charge in [0.25, 0.3) is 5.79 Å². The van der Waals surface area contributed by atoms with E-state index in [1.807, 2.05) is 18.2 Å². The zero-order valence-electron chi connectivity index (χ0n) is 24.6. The van der Waals surface area contributed by atoms with Crippen LogP contribution in [0.4, 0.5) is 4.39 Å². The third-order valence-electron chi connectivity index (χ3n) is 8.98. The lowest BCUT2D eigenvalue weighted by molar-refractivity contribution is -0.0712. The maximum Gasteiger partial charge on any atom is 0.278 e. The van der Waals surface area contributed by atoms with Crippen molar-refractivity contribution in [2.45, 2.75) is 62.0 Å². The molecule has 3 aliphatic heterocycles. The number of nitrogens with one attached hydrogen (secondary N) is 1. The zero-order chi connectivity index (χ0) is 30.6. The second-order valence-corrected chi connectivity index (χ2v) is 14.1. The van der Waals surface area contributed by atoms with Gasteiger partial charge in [0.15, 0.2) is 11.5 Å². The average molecular weight is 641 g/mol. The van der Waals surface area contributed by atoms with Gasteiger partial charge < -0.3 is 18.8 Å². The van der Waals surface area contributed by atoms with Crippen LogP contribution in [-0.2, 0) is 33.6 Å². The summed E-state index contributed by atoms with van der Waals surface area (Å²) in [6.07, 6.45) is 2.94. The number of hydrogen-bond donors (Lipinski definition) is 1. The molecule has 232 valence electrons. The molecule has 1 N–H and O–H groups in total. The molecule has 0 radical (unpaired) electrons. The lowest BCUT2D eigenvalue weighted by Crippen LogP contribution is -2.35. The molecule has 44 heavy (non-hydrogen) atoms. The van der Waals surface area contributed by atoms with Crippen LogP contribution < -0.4 is 14.2 Å². The summed E-state index contributed by atoms with van der Waals surface area (Å²) in [6, 6.07) is 15.5. The van der Waals surface area contributed by atoms with E-state index in [2.05, 4.69) is 20.3 Å². The molecule has 4 aromatic rings. The molecule has 0 bridgehead atoms. The fourth-order valence-electron chi connectivity index (χ4n) is 6.44. The first-order valence-electron chi connectivity index (χ1n) is 14.9. The van der Waals surface area contributed by atoms with Crippen molar-refractivity contribution in [2.75, 3.05) is 26.7 Å². The number of benzene rings is 3. The summed E-state index contributed by atoms with van der Waals surface area (Å²) >= 11 is 5.98. The second-order valence-electron chi connectivity index (χ2n) is 11.8. The standard InChI is InChI=1S/C32H34ClFN4O5S/c1-32(25-8-6-21(33)16-26(25)34)42-29-5-3-4-24(31(29)43-32)20-10-13-37(14-11-20)19-30-36-27-17-23(44(39,40)35-2)7-9-28(27)38(30)18-22-12-15-41-22/h3-9,16-17,20,22,35H,10-15,18-19H2,1-2H3/t22-,32?/m0/s1. The molecule has 2 saturated heterocycles. The van der Waals surface area contributed by atoms with Gasteiger partial charge in [-0.3, -0.25) is 4.90 Å². The Morgan fingerprint density at radius 3 is 2.59 bits per heavy atom. The zero-order valence-corrected chi connectivity index (χ0v) is 26.1. The molecule has 3 aliphatic rings. The third-order valence-corrected chi connectivity index (χ3v) is 10.6. The molecule has 2 atom stereocenters. The van der Waals surface area contributed by atoms with Gasteiger partial charge >= 0.3 is 0 Å². The number of nitrogens with zero attached hydrogens (tertiary/aromatic N) is 3. The molecule has 7 rings (SSSR count). The fourth-order valence-corrected chi connectivity index (χ4v) is 7.35. The maximum absolute atomic E-state index is 14.8. The van der Waals surface area contributed by atoms with Gasteiger partial charge in [0.2, 0.25) is 10.0 Å². The Morgan fingerprint density at radius 2 is 1.89 bits per heavy atom. The lowest BCUT2D eigenvalue weighted by Gasteiger charge is -2.33. The van der Waals surface area contributed by atoms with Crippen LogP contribution in [0.5, 0.6) is 11.5 Å². The summed E-state index contributed by atoms with van der Waals surface area (Å²) in [5, 5.41) is 0.316. The van der Waals surface area contributed by atoms with E-state index in [1.165, 1.54) is 13.1 Å². The number of piperidine rings is 1. The van der Waals surface area contributed by atoms with Crippen molar-refractivity contribution in [3.63, 3.8) is 0 Å². The van der Waals surface area contributed by atoms with E-state index in [9.17, 15) is 12.8 Å². The molecule has 1 unspecified atom stereocenters. The van der Waals surface area contributed by atoms with Crippen LogP contribution in [0.3, 0.4) is 0 Å². The third kappa shape index (κ3) is 5.34. The largest absolute Gasteiger partial charge is 0.444 e. The van der Waals surface area contributed by atoms with E-state index in [0.29, 0.717) is 40.7 Å². The number of para-hydroxylation sites is 1. The maximum atomic E-state index is 14.8. The Balaban J connectivity index is 1.09. The van der Waals surface area contributed by atoms with Gasteiger partial charge in [-0.1, -0.05) is 23.7 Å². The minimum atomic E-state index is -3.58. The van der Waals surface area contributed by atoms with E-state index in [1.54, 1.807) is 31.2 Å². The summed E-state index contributed by atoms with van der Waals surface area (Å²) in [5.41, 5.74) is 2.91. The molecular formula is C32H34ClFN4O5S. The molecule has 0 saturated carbocycles. The van der Waals surface area contributed by atoms with Gasteiger partial charge in [0.1, 0.15) is 11.6 Å². The minimum absolute atomic E-state index is 0.132. The highest BCUT2D eigenvalue weighted by Crippen LogP contribution is 2.50. The van der Waals surface area contributed by atoms with Crippen molar-refractivity contribution in [2.24, 2.45) is 0 Å². The Hall–Kier alpha value is -3.22. The van der Waals surface area contributed by atoms with Crippen LogP contribution in [0.15, 0.2) is 59.5 Å². The molecular weight excluding hydrogens is 607 g/mol. The summed E-state index contributed by atoms with van der Waals surface area (Å²) in [6.45, 7) is 5.51. The molecule has 0 amide bonds. The second kappa shape index (κ2) is 11.3. The molecule has 9 nitrogen and oxygen atoms in total. The summed E-state index contributed by atoms with van der Waals surface area (Å²) in [7, 11) is -2.17. The van der Waals surface area contributed by atoms with Crippen molar-refractivity contribution in [3.05, 3.63) is 82.4 Å². The quantitative estimate of drug-likeness (QED) is 0.270. The number of fused-ring (bicyclic) bond motifs is 2. The monoisotopic (exact) mass is 640 g/mol. The number of sulfonamides is 1. The Labute approximate surface area is 260 Å². The van der Waals surface area contributed by atoms with E-state index in [-0.39, 0.29) is 16.9 Å². The molecule has 4 heterocycles. The van der Waals surface area contributed by atoms with Crippen molar-refractivity contribution in [1.82, 2.24) is 19.2 Å². The Kier molecular flexibility index (Phi) is 7.57. The van der Waals surface area contributed by atoms with Crippen LogP contribution >= 0.6 is 11.6 Å². The summed E-state index contributed by atoms with van der Waals surface area (Å²) in [4.78, 5) is 7.49. The predicted molar refractivity (Wildman–Crippen MR) is 164 cm³/mol. The first kappa shape index (κ1) is 29.5. The normalized spacial score (nSPS) is 22.4. The SMILES string of the molecule is CNS(=O)(=O)c1ccc2c(c1)nc(CN1CCC(c3cccc4c3OC(C)(c3ccc(Cl)cc3F)O4)CC1)n2C[C@@H]1CCO1. The van der Waals surface area contributed by atoms with Crippen LogP contribution in [0.2, 0.25) is 5.02 Å². The minimum Gasteiger partial charge on any atom is -0.444 e. The van der Waals surface area contributed by atoms with Gasteiger partial charge in [-0.25, -0.2) is 22.5 Å². The van der Waals surface area contributed by atoms with Gasteiger partial charge in [-0.05, 0) is 87.8 Å². The number of rotatable bonds is 8. The number of hydrogen-bond acceptors (Lipinski definition) is 7. The molecule has 3 aromatic carbocycles. The molecule has 12 heteroatoms. The van der Waals surface area contributed by atoms with Crippen LogP contribution in [0.25, 0.3) is 11.0 Å². The molecule has 0 aliphatic carbocycles. The van der Waals surface area contributed by atoms with Crippen LogP contribution in [0.1, 0.15) is 49.1 Å². The molecule has 2 fully saturated rings. The van der Waals surface area contributed by atoms with Gasteiger partial charge in [-0.2, -0.15) is 0 Å². The lowest BCUT2D eigenvalue weighted by atomic mass is 9.88. The summed E-state index contributed by atoms with van der Waals surface area (Å²) < 4.78 is 62.5. The number of ether oxygens (including phenoxy) is 3. The highest BCUT2D eigenvalue weighted by atomic mass is 35.5. The first-order chi connectivity index (χ1) is 21.1. The van der Waals surface area contributed by atoms with E-state index in [0.717, 1.165) is 55.9 Å². The van der Waals surface area contributed by atoms with Crippen molar-refractivity contribution in [3.8, 4) is 11.5 Å². The fraction of sp³-hybridized carbons (Fsp3) is 0.406. The smallest absolute Gasteiger partial charge is 0.278 e. The van der Waals surface area contributed by atoms with Crippen molar-refractivity contribution in [1.29, 1.82) is 0 Å². The number of halogens is 2. The van der Waals surface area contributed by atoms with Crippen molar-refractivity contribution >= 4 is 32.7 Å². The highest BCUT2D eigenvalue weighted by molar-refractivity contribution is 7.89. The van der Waals surface area contributed by atoms with E-state index >= 15 is 0 Å². The van der Waals surface area contributed by atoms with Gasteiger partial charge in [-0.15, -0.1) is 0 Å². The highest BCUT2D eigenvalue weighted by Gasteiger charge is 2.43. The number of aromatic nitrogens is 2. The number of imidazole rings is 1. The van der Waals surface area contributed by atoms with E-state index < -0.39 is 21.6 Å².